The van der Waals surface area contributed by atoms with E-state index in [1.807, 2.05) is 36.4 Å². The monoisotopic (exact) mass is 277 g/mol. The molecule has 19 heavy (non-hydrogen) atoms. The minimum atomic E-state index is -0.0602. The Morgan fingerprint density at radius 1 is 1.26 bits per heavy atom. The minimum Gasteiger partial charge on any atom is -0.481 e. The van der Waals surface area contributed by atoms with Crippen LogP contribution in [0.15, 0.2) is 53.6 Å². The van der Waals surface area contributed by atoms with Gasteiger partial charge in [-0.3, -0.25) is 10.2 Å². The number of nitrogens with one attached hydrogen (secondary N) is 1. The molecule has 0 aromatic heterocycles. The maximum Gasteiger partial charge on any atom is 0.216 e. The number of allylic oxidation sites excluding steroid dienone is 3. The lowest BCUT2D eigenvalue weighted by Crippen LogP contribution is -2.17. The zero-order chi connectivity index (χ0) is 13.0. The van der Waals surface area contributed by atoms with Crippen LogP contribution in [-0.4, -0.2) is 18.8 Å². The number of carbonyl (C=O) groups is 1. The maximum absolute atomic E-state index is 11.9. The number of hydrogen-bond acceptors (Lipinski definition) is 3. The largest absolute Gasteiger partial charge is 0.481 e. The van der Waals surface area contributed by atoms with Gasteiger partial charge in [-0.05, 0) is 18.1 Å². The molecule has 0 saturated carbocycles. The van der Waals surface area contributed by atoms with Crippen molar-refractivity contribution >= 4 is 24.1 Å². The summed E-state index contributed by atoms with van der Waals surface area (Å²) < 4.78 is 4.78. The molecule has 0 aliphatic heterocycles. The van der Waals surface area contributed by atoms with Crippen molar-refractivity contribution in [3.63, 3.8) is 0 Å². The summed E-state index contributed by atoms with van der Waals surface area (Å²) in [5, 5.41) is 7.51. The molecular formula is C15H16ClNO2. The Balaban J connectivity index is 0.00000180. The lowest BCUT2D eigenvalue weighted by molar-refractivity contribution is -0.114. The van der Waals surface area contributed by atoms with Crippen molar-refractivity contribution in [1.82, 2.24) is 0 Å². The molecule has 2 rings (SSSR count). The van der Waals surface area contributed by atoms with Gasteiger partial charge < -0.3 is 4.74 Å². The highest BCUT2D eigenvalue weighted by molar-refractivity contribution is 6.19. The lowest BCUT2D eigenvalue weighted by Gasteiger charge is -2.13. The molecule has 1 aliphatic rings. The summed E-state index contributed by atoms with van der Waals surface area (Å²) in [5.74, 6) is -0.106. The number of ether oxygens (including phenoxy) is 1. The van der Waals surface area contributed by atoms with Gasteiger partial charge in [0.1, 0.15) is 0 Å². The van der Waals surface area contributed by atoms with E-state index in [0.29, 0.717) is 12.0 Å². The molecule has 1 aliphatic carbocycles. The SMILES string of the molecule is COC(=N)C1=CC=C(Cc2ccccc2)CC1=O.Cl. The second-order valence-electron chi connectivity index (χ2n) is 4.20. The molecule has 0 bridgehead atoms. The number of benzene rings is 1. The summed E-state index contributed by atoms with van der Waals surface area (Å²) in [5.41, 5.74) is 2.61. The van der Waals surface area contributed by atoms with E-state index in [1.165, 1.54) is 12.7 Å². The molecule has 1 aromatic rings. The molecule has 0 unspecified atom stereocenters. The lowest BCUT2D eigenvalue weighted by atomic mass is 9.92. The number of rotatable bonds is 3. The number of ketones is 1. The van der Waals surface area contributed by atoms with Crippen molar-refractivity contribution in [3.8, 4) is 0 Å². The Labute approximate surface area is 118 Å². The summed E-state index contributed by atoms with van der Waals surface area (Å²) >= 11 is 0. The summed E-state index contributed by atoms with van der Waals surface area (Å²) in [7, 11) is 1.40. The van der Waals surface area contributed by atoms with Gasteiger partial charge in [0.2, 0.25) is 5.90 Å². The Morgan fingerprint density at radius 3 is 2.53 bits per heavy atom. The Morgan fingerprint density at radius 2 is 1.95 bits per heavy atom. The Kier molecular flexibility index (Phi) is 5.52. The third-order valence-electron chi connectivity index (χ3n) is 2.90. The van der Waals surface area contributed by atoms with E-state index in [0.717, 1.165) is 12.0 Å². The van der Waals surface area contributed by atoms with Gasteiger partial charge in [0.25, 0.3) is 0 Å². The molecule has 0 fully saturated rings. The fourth-order valence-corrected chi connectivity index (χ4v) is 1.95. The van der Waals surface area contributed by atoms with Gasteiger partial charge in [0, 0.05) is 6.42 Å². The van der Waals surface area contributed by atoms with Crippen molar-refractivity contribution in [3.05, 3.63) is 59.2 Å². The molecule has 100 valence electrons. The third kappa shape index (κ3) is 3.80. The van der Waals surface area contributed by atoms with Crippen LogP contribution in [0.4, 0.5) is 0 Å². The second kappa shape index (κ2) is 6.90. The molecule has 3 nitrogen and oxygen atoms in total. The summed E-state index contributed by atoms with van der Waals surface area (Å²) in [6.07, 6.45) is 4.73. The highest BCUT2D eigenvalue weighted by Crippen LogP contribution is 2.19. The average Bonchev–Trinajstić information content (AvgIpc) is 2.39. The fraction of sp³-hybridized carbons (Fsp3) is 0.200. The van der Waals surface area contributed by atoms with Gasteiger partial charge >= 0.3 is 0 Å². The van der Waals surface area contributed by atoms with Crippen LogP contribution in [0.25, 0.3) is 0 Å². The molecular weight excluding hydrogens is 262 g/mol. The Hall–Kier alpha value is -1.87. The number of carbonyl (C=O) groups excluding carboxylic acids is 1. The molecule has 0 heterocycles. The van der Waals surface area contributed by atoms with E-state index in [4.69, 9.17) is 10.1 Å². The molecule has 0 amide bonds. The van der Waals surface area contributed by atoms with Crippen LogP contribution < -0.4 is 0 Å². The molecule has 0 atom stereocenters. The van der Waals surface area contributed by atoms with Crippen LogP contribution in [0.5, 0.6) is 0 Å². The molecule has 1 N–H and O–H groups in total. The topological polar surface area (TPSA) is 50.1 Å². The first-order valence-electron chi connectivity index (χ1n) is 5.80. The van der Waals surface area contributed by atoms with Gasteiger partial charge in [-0.15, -0.1) is 12.4 Å². The van der Waals surface area contributed by atoms with Crippen molar-refractivity contribution in [1.29, 1.82) is 5.41 Å². The predicted octanol–water partition coefficient (Wildman–Crippen LogP) is 3.10. The van der Waals surface area contributed by atoms with Gasteiger partial charge in [-0.1, -0.05) is 42.0 Å². The average molecular weight is 278 g/mol. The van der Waals surface area contributed by atoms with E-state index in [2.05, 4.69) is 0 Å². The van der Waals surface area contributed by atoms with E-state index in [-0.39, 0.29) is 24.1 Å². The summed E-state index contributed by atoms with van der Waals surface area (Å²) in [6, 6.07) is 10.0. The zero-order valence-electron chi connectivity index (χ0n) is 10.7. The highest BCUT2D eigenvalue weighted by atomic mass is 35.5. The maximum atomic E-state index is 11.9. The Bertz CT molecular complexity index is 532. The second-order valence-corrected chi connectivity index (χ2v) is 4.20. The number of halogens is 1. The standard InChI is InChI=1S/C15H15NO2.ClH/c1-18-15(16)13-8-7-12(10-14(13)17)9-11-5-3-2-4-6-11;/h2-8,16H,9-10H2,1H3;1H. The molecule has 0 saturated heterocycles. The molecule has 1 aromatic carbocycles. The van der Waals surface area contributed by atoms with Gasteiger partial charge in [0.15, 0.2) is 5.78 Å². The summed E-state index contributed by atoms with van der Waals surface area (Å²) in [6.45, 7) is 0. The van der Waals surface area contributed by atoms with Crippen molar-refractivity contribution < 1.29 is 9.53 Å². The van der Waals surface area contributed by atoms with E-state index in [9.17, 15) is 4.79 Å². The van der Waals surface area contributed by atoms with Gasteiger partial charge in [0.05, 0.1) is 12.7 Å². The normalized spacial score (nSPS) is 14.1. The fourth-order valence-electron chi connectivity index (χ4n) is 1.95. The van der Waals surface area contributed by atoms with Crippen LogP contribution in [0.3, 0.4) is 0 Å². The van der Waals surface area contributed by atoms with Gasteiger partial charge in [-0.2, -0.15) is 0 Å². The van der Waals surface area contributed by atoms with Crippen LogP contribution in [-0.2, 0) is 16.0 Å². The van der Waals surface area contributed by atoms with Crippen molar-refractivity contribution in [2.45, 2.75) is 12.8 Å². The first-order valence-corrected chi connectivity index (χ1v) is 5.80. The molecule has 0 spiro atoms. The van der Waals surface area contributed by atoms with Crippen molar-refractivity contribution in [2.75, 3.05) is 7.11 Å². The molecule has 4 heteroatoms. The molecule has 0 radical (unpaired) electrons. The van der Waals surface area contributed by atoms with E-state index >= 15 is 0 Å². The third-order valence-corrected chi connectivity index (χ3v) is 2.90. The van der Waals surface area contributed by atoms with Crippen LogP contribution in [0.2, 0.25) is 0 Å². The van der Waals surface area contributed by atoms with E-state index < -0.39 is 0 Å². The first-order chi connectivity index (χ1) is 8.70. The number of hydrogen-bond donors (Lipinski definition) is 1. The van der Waals surface area contributed by atoms with Crippen LogP contribution >= 0.6 is 12.4 Å². The highest BCUT2D eigenvalue weighted by Gasteiger charge is 2.19. The van der Waals surface area contributed by atoms with E-state index in [1.54, 1.807) is 6.08 Å². The number of Topliss-reactive ketones (excluding diaryl/α,β-unsaturated/α-hetero) is 1. The predicted molar refractivity (Wildman–Crippen MR) is 77.9 cm³/mol. The van der Waals surface area contributed by atoms with Crippen molar-refractivity contribution in [2.24, 2.45) is 0 Å². The minimum absolute atomic E-state index is 0. The van der Waals surface area contributed by atoms with Crippen LogP contribution in [0, 0.1) is 5.41 Å². The first kappa shape index (κ1) is 15.2. The smallest absolute Gasteiger partial charge is 0.216 e. The van der Waals surface area contributed by atoms with Crippen LogP contribution in [0.1, 0.15) is 12.0 Å². The van der Waals surface area contributed by atoms with Gasteiger partial charge in [-0.25, -0.2) is 0 Å². The summed E-state index contributed by atoms with van der Waals surface area (Å²) in [4.78, 5) is 11.9. The quantitative estimate of drug-likeness (QED) is 0.682. The zero-order valence-corrected chi connectivity index (χ0v) is 11.5. The number of methoxy groups -OCH3 is 1.